The van der Waals surface area contributed by atoms with Crippen molar-refractivity contribution in [2.45, 2.75) is 6.54 Å². The van der Waals surface area contributed by atoms with Crippen molar-refractivity contribution in [1.29, 1.82) is 0 Å². The first-order chi connectivity index (χ1) is 11.3. The Morgan fingerprint density at radius 2 is 2.04 bits per heavy atom. The first-order valence-electron chi connectivity index (χ1n) is 7.83. The van der Waals surface area contributed by atoms with Crippen molar-refractivity contribution in [1.82, 2.24) is 24.4 Å². The molecule has 1 saturated heterocycles. The maximum Gasteiger partial charge on any atom is 0.181 e. The third kappa shape index (κ3) is 2.95. The largest absolute Gasteiger partial charge is 0.379 e. The average molecular weight is 309 g/mol. The minimum atomic E-state index is 0.722. The second-order valence-corrected chi connectivity index (χ2v) is 5.85. The second-order valence-electron chi connectivity index (χ2n) is 5.85. The van der Waals surface area contributed by atoms with E-state index in [1.807, 2.05) is 23.9 Å². The summed E-state index contributed by atoms with van der Waals surface area (Å²) in [5, 5.41) is 0. The number of benzene rings is 1. The number of hydrogen-bond acceptors (Lipinski definition) is 5. The number of morpholine rings is 1. The maximum atomic E-state index is 5.40. The van der Waals surface area contributed by atoms with Gasteiger partial charge in [0.15, 0.2) is 11.5 Å². The van der Waals surface area contributed by atoms with Gasteiger partial charge in [-0.2, -0.15) is 0 Å². The third-order valence-corrected chi connectivity index (χ3v) is 4.18. The Kier molecular flexibility index (Phi) is 3.77. The lowest BCUT2D eigenvalue weighted by molar-refractivity contribution is 0.0342. The molecule has 1 aromatic carbocycles. The summed E-state index contributed by atoms with van der Waals surface area (Å²) < 4.78 is 7.33. The molecular formula is C17H19N5O. The smallest absolute Gasteiger partial charge is 0.181 e. The number of aryl methyl sites for hydroxylation is 1. The average Bonchev–Trinajstić information content (AvgIpc) is 2.97. The molecule has 0 amide bonds. The van der Waals surface area contributed by atoms with Crippen LogP contribution in [0.3, 0.4) is 0 Å². The van der Waals surface area contributed by atoms with Crippen molar-refractivity contribution in [2.75, 3.05) is 26.3 Å². The van der Waals surface area contributed by atoms with Crippen LogP contribution in [0.25, 0.3) is 22.6 Å². The predicted molar refractivity (Wildman–Crippen MR) is 87.8 cm³/mol. The lowest BCUT2D eigenvalue weighted by atomic mass is 10.1. The quantitative estimate of drug-likeness (QED) is 0.739. The Labute approximate surface area is 134 Å². The zero-order chi connectivity index (χ0) is 15.6. The first kappa shape index (κ1) is 14.3. The molecule has 3 aromatic rings. The predicted octanol–water partition coefficient (Wildman–Crippen LogP) is 1.86. The van der Waals surface area contributed by atoms with Crippen LogP contribution < -0.4 is 0 Å². The molecule has 0 N–H and O–H groups in total. The molecule has 0 radical (unpaired) electrons. The van der Waals surface area contributed by atoms with Crippen molar-refractivity contribution in [2.24, 2.45) is 7.05 Å². The van der Waals surface area contributed by atoms with Crippen molar-refractivity contribution in [3.05, 3.63) is 42.4 Å². The minimum Gasteiger partial charge on any atom is -0.379 e. The van der Waals surface area contributed by atoms with Crippen LogP contribution in [0.4, 0.5) is 0 Å². The van der Waals surface area contributed by atoms with Crippen LogP contribution >= 0.6 is 0 Å². The van der Waals surface area contributed by atoms with Gasteiger partial charge in [0.05, 0.1) is 25.7 Å². The summed E-state index contributed by atoms with van der Waals surface area (Å²) in [5.74, 6) is 0.722. The van der Waals surface area contributed by atoms with Crippen LogP contribution in [0.1, 0.15) is 5.56 Å². The molecule has 23 heavy (non-hydrogen) atoms. The van der Waals surface area contributed by atoms with E-state index >= 15 is 0 Å². The van der Waals surface area contributed by atoms with Gasteiger partial charge < -0.3 is 9.30 Å². The molecule has 0 aliphatic carbocycles. The Bertz CT molecular complexity index is 823. The number of hydrogen-bond donors (Lipinski definition) is 0. The molecule has 6 heteroatoms. The van der Waals surface area contributed by atoms with Crippen LogP contribution in [-0.2, 0) is 18.3 Å². The number of fused-ring (bicyclic) bond motifs is 1. The Balaban J connectivity index is 1.61. The minimum absolute atomic E-state index is 0.722. The second kappa shape index (κ2) is 6.06. The van der Waals surface area contributed by atoms with Gasteiger partial charge in [0.25, 0.3) is 0 Å². The van der Waals surface area contributed by atoms with Crippen molar-refractivity contribution in [3.8, 4) is 11.4 Å². The fraction of sp³-hybridized carbons (Fsp3) is 0.353. The van der Waals surface area contributed by atoms with E-state index in [9.17, 15) is 0 Å². The SMILES string of the molecule is Cn1cnc2nc(-c3cccc(CN4CCOCC4)c3)ncc21. The number of nitrogens with zero attached hydrogens (tertiary/aromatic N) is 5. The Morgan fingerprint density at radius 1 is 1.17 bits per heavy atom. The standard InChI is InChI=1S/C17H19N5O/c1-21-12-19-17-15(21)10-18-16(20-17)14-4-2-3-13(9-14)11-22-5-7-23-8-6-22/h2-4,9-10,12H,5-8,11H2,1H3. The van der Waals surface area contributed by atoms with E-state index in [1.165, 1.54) is 5.56 Å². The van der Waals surface area contributed by atoms with Gasteiger partial charge in [-0.3, -0.25) is 4.90 Å². The molecule has 118 valence electrons. The third-order valence-electron chi connectivity index (χ3n) is 4.18. The summed E-state index contributed by atoms with van der Waals surface area (Å²) in [4.78, 5) is 15.8. The summed E-state index contributed by atoms with van der Waals surface area (Å²) in [6.45, 7) is 4.54. The number of aromatic nitrogens is 4. The van der Waals surface area contributed by atoms with Gasteiger partial charge in [0.2, 0.25) is 0 Å². The number of imidazole rings is 1. The fourth-order valence-electron chi connectivity index (χ4n) is 2.88. The van der Waals surface area contributed by atoms with Crippen LogP contribution in [0.15, 0.2) is 36.8 Å². The molecule has 1 fully saturated rings. The molecule has 0 spiro atoms. The van der Waals surface area contributed by atoms with E-state index in [2.05, 4.69) is 38.1 Å². The molecule has 0 atom stereocenters. The van der Waals surface area contributed by atoms with Gasteiger partial charge in [-0.1, -0.05) is 18.2 Å². The van der Waals surface area contributed by atoms with Gasteiger partial charge >= 0.3 is 0 Å². The molecule has 2 aromatic heterocycles. The fourth-order valence-corrected chi connectivity index (χ4v) is 2.88. The molecular weight excluding hydrogens is 290 g/mol. The molecule has 0 bridgehead atoms. The topological polar surface area (TPSA) is 56.1 Å². The van der Waals surface area contributed by atoms with Gasteiger partial charge in [0.1, 0.15) is 5.52 Å². The summed E-state index contributed by atoms with van der Waals surface area (Å²) in [6.07, 6.45) is 3.59. The van der Waals surface area contributed by atoms with Gasteiger partial charge in [-0.25, -0.2) is 15.0 Å². The van der Waals surface area contributed by atoms with Crippen molar-refractivity contribution >= 4 is 11.2 Å². The molecule has 1 aliphatic heterocycles. The molecule has 3 heterocycles. The van der Waals surface area contributed by atoms with E-state index in [1.54, 1.807) is 6.33 Å². The van der Waals surface area contributed by atoms with E-state index in [0.29, 0.717) is 0 Å². The highest BCUT2D eigenvalue weighted by Gasteiger charge is 2.12. The van der Waals surface area contributed by atoms with Crippen molar-refractivity contribution in [3.63, 3.8) is 0 Å². The summed E-state index contributed by atoms with van der Waals surface area (Å²) in [7, 11) is 1.95. The Morgan fingerprint density at radius 3 is 2.91 bits per heavy atom. The van der Waals surface area contributed by atoms with E-state index in [0.717, 1.165) is 55.4 Å². The zero-order valence-electron chi connectivity index (χ0n) is 13.1. The zero-order valence-corrected chi connectivity index (χ0v) is 13.1. The monoisotopic (exact) mass is 309 g/mol. The van der Waals surface area contributed by atoms with Crippen molar-refractivity contribution < 1.29 is 4.74 Å². The first-order valence-corrected chi connectivity index (χ1v) is 7.83. The normalized spacial score (nSPS) is 16.0. The molecule has 4 rings (SSSR count). The highest BCUT2D eigenvalue weighted by atomic mass is 16.5. The number of rotatable bonds is 3. The van der Waals surface area contributed by atoms with E-state index < -0.39 is 0 Å². The van der Waals surface area contributed by atoms with Crippen LogP contribution in [0, 0.1) is 0 Å². The maximum absolute atomic E-state index is 5.40. The lowest BCUT2D eigenvalue weighted by Gasteiger charge is -2.26. The summed E-state index contributed by atoms with van der Waals surface area (Å²) >= 11 is 0. The van der Waals surface area contributed by atoms with E-state index in [4.69, 9.17) is 4.74 Å². The summed E-state index contributed by atoms with van der Waals surface area (Å²) in [6, 6.07) is 8.43. The van der Waals surface area contributed by atoms with Crippen LogP contribution in [-0.4, -0.2) is 50.7 Å². The van der Waals surface area contributed by atoms with Gasteiger partial charge in [0, 0.05) is 32.2 Å². The van der Waals surface area contributed by atoms with E-state index in [-0.39, 0.29) is 0 Å². The number of ether oxygens (including phenoxy) is 1. The molecule has 6 nitrogen and oxygen atoms in total. The molecule has 0 unspecified atom stereocenters. The van der Waals surface area contributed by atoms with Gasteiger partial charge in [-0.15, -0.1) is 0 Å². The highest BCUT2D eigenvalue weighted by molar-refractivity contribution is 5.72. The van der Waals surface area contributed by atoms with Crippen LogP contribution in [0.5, 0.6) is 0 Å². The lowest BCUT2D eigenvalue weighted by Crippen LogP contribution is -2.35. The molecule has 1 aliphatic rings. The van der Waals surface area contributed by atoms with Crippen LogP contribution in [0.2, 0.25) is 0 Å². The highest BCUT2D eigenvalue weighted by Crippen LogP contribution is 2.19. The summed E-state index contributed by atoms with van der Waals surface area (Å²) in [5.41, 5.74) is 3.98. The Hall–Kier alpha value is -2.31. The molecule has 0 saturated carbocycles. The van der Waals surface area contributed by atoms with Gasteiger partial charge in [-0.05, 0) is 11.6 Å².